The number of carboxylic acid groups (broad SMARTS) is 1. The molecule has 0 aliphatic heterocycles. The van der Waals surface area contributed by atoms with Gasteiger partial charge in [-0.2, -0.15) is 13.2 Å². The molecular formula is C14H16F3NO2. The molecule has 0 aliphatic rings. The predicted octanol–water partition coefficient (Wildman–Crippen LogP) is 3.17. The predicted molar refractivity (Wildman–Crippen MR) is 70.1 cm³/mol. The van der Waals surface area contributed by atoms with Gasteiger partial charge in [-0.1, -0.05) is 31.2 Å². The molecule has 1 rings (SSSR count). The molecular weight excluding hydrogens is 271 g/mol. The monoisotopic (exact) mass is 287 g/mol. The molecule has 6 heteroatoms. The molecule has 0 amide bonds. The summed E-state index contributed by atoms with van der Waals surface area (Å²) in [4.78, 5) is 11.8. The summed E-state index contributed by atoms with van der Waals surface area (Å²) < 4.78 is 37.2. The number of halogens is 3. The molecule has 0 fully saturated rings. The van der Waals surface area contributed by atoms with Crippen LogP contribution < -0.4 is 0 Å². The van der Waals surface area contributed by atoms with E-state index in [1.54, 1.807) is 31.2 Å². The largest absolute Gasteiger partial charge is 0.478 e. The minimum atomic E-state index is -4.25. The average Bonchev–Trinajstić information content (AvgIpc) is 2.35. The highest BCUT2D eigenvalue weighted by molar-refractivity contribution is 5.85. The van der Waals surface area contributed by atoms with Gasteiger partial charge in [-0.25, -0.2) is 4.79 Å². The number of carbonyl (C=O) groups is 1. The molecule has 0 bridgehead atoms. The van der Waals surface area contributed by atoms with Gasteiger partial charge in [0, 0.05) is 12.6 Å². The number of alkyl halides is 3. The van der Waals surface area contributed by atoms with Crippen molar-refractivity contribution in [2.75, 3.05) is 13.1 Å². The third-order valence-corrected chi connectivity index (χ3v) is 2.70. The first-order valence-electron chi connectivity index (χ1n) is 6.10. The third kappa shape index (κ3) is 5.88. The van der Waals surface area contributed by atoms with Gasteiger partial charge in [-0.15, -0.1) is 0 Å². The topological polar surface area (TPSA) is 40.5 Å². The van der Waals surface area contributed by atoms with Crippen LogP contribution in [0.15, 0.2) is 30.3 Å². The van der Waals surface area contributed by atoms with E-state index in [9.17, 15) is 18.0 Å². The van der Waals surface area contributed by atoms with Gasteiger partial charge >= 0.3 is 12.1 Å². The van der Waals surface area contributed by atoms with Crippen LogP contribution in [0.25, 0.3) is 6.08 Å². The summed E-state index contributed by atoms with van der Waals surface area (Å²) in [5, 5.41) is 8.60. The Kier molecular flexibility index (Phi) is 5.76. The molecule has 0 heterocycles. The summed E-state index contributed by atoms with van der Waals surface area (Å²) in [5.41, 5.74) is 1.27. The molecule has 3 nitrogen and oxygen atoms in total. The number of nitrogens with zero attached hydrogens (tertiary/aromatic N) is 1. The first-order chi connectivity index (χ1) is 9.31. The van der Waals surface area contributed by atoms with E-state index >= 15 is 0 Å². The van der Waals surface area contributed by atoms with E-state index < -0.39 is 18.7 Å². The van der Waals surface area contributed by atoms with Crippen LogP contribution in [0.3, 0.4) is 0 Å². The number of benzene rings is 1. The molecule has 1 aromatic rings. The van der Waals surface area contributed by atoms with Crippen LogP contribution in [-0.2, 0) is 11.3 Å². The number of hydrogen-bond acceptors (Lipinski definition) is 2. The Hall–Kier alpha value is -1.82. The number of hydrogen-bond donors (Lipinski definition) is 1. The zero-order valence-corrected chi connectivity index (χ0v) is 11.0. The van der Waals surface area contributed by atoms with E-state index in [0.29, 0.717) is 11.1 Å². The lowest BCUT2D eigenvalue weighted by Gasteiger charge is -2.22. The van der Waals surface area contributed by atoms with Gasteiger partial charge in [-0.05, 0) is 23.7 Å². The van der Waals surface area contributed by atoms with Crippen LogP contribution in [0.1, 0.15) is 18.1 Å². The summed E-state index contributed by atoms with van der Waals surface area (Å²) in [6.07, 6.45) is -1.89. The number of aliphatic carboxylic acids is 1. The maximum Gasteiger partial charge on any atom is 0.401 e. The normalized spacial score (nSPS) is 12.2. The van der Waals surface area contributed by atoms with Crippen LogP contribution in [-0.4, -0.2) is 35.2 Å². The van der Waals surface area contributed by atoms with Gasteiger partial charge in [0.2, 0.25) is 0 Å². The van der Waals surface area contributed by atoms with Gasteiger partial charge < -0.3 is 5.11 Å². The lowest BCUT2D eigenvalue weighted by Crippen LogP contribution is -2.33. The Morgan fingerprint density at radius 2 is 2.00 bits per heavy atom. The Bertz CT molecular complexity index is 484. The minimum Gasteiger partial charge on any atom is -0.478 e. The van der Waals surface area contributed by atoms with Crippen molar-refractivity contribution in [2.45, 2.75) is 19.6 Å². The second-order valence-corrected chi connectivity index (χ2v) is 4.29. The van der Waals surface area contributed by atoms with Gasteiger partial charge in [0.25, 0.3) is 0 Å². The van der Waals surface area contributed by atoms with Crippen molar-refractivity contribution < 1.29 is 23.1 Å². The quantitative estimate of drug-likeness (QED) is 0.817. The van der Waals surface area contributed by atoms with E-state index in [1.165, 1.54) is 11.0 Å². The minimum absolute atomic E-state index is 0.121. The summed E-state index contributed by atoms with van der Waals surface area (Å²) >= 11 is 0. The number of carboxylic acids is 1. The third-order valence-electron chi connectivity index (χ3n) is 2.70. The fourth-order valence-corrected chi connectivity index (χ4v) is 1.78. The zero-order valence-electron chi connectivity index (χ0n) is 11.0. The van der Waals surface area contributed by atoms with Crippen molar-refractivity contribution in [1.82, 2.24) is 4.90 Å². The SMILES string of the molecule is CCN(Cc1ccccc1C=CC(=O)O)CC(F)(F)F. The summed E-state index contributed by atoms with van der Waals surface area (Å²) in [7, 11) is 0. The molecule has 0 saturated carbocycles. The van der Waals surface area contributed by atoms with Crippen molar-refractivity contribution in [3.8, 4) is 0 Å². The van der Waals surface area contributed by atoms with Crippen molar-refractivity contribution in [2.24, 2.45) is 0 Å². The average molecular weight is 287 g/mol. The van der Waals surface area contributed by atoms with Crippen LogP contribution in [0.2, 0.25) is 0 Å². The maximum atomic E-state index is 12.4. The van der Waals surface area contributed by atoms with E-state index in [4.69, 9.17) is 5.11 Å². The van der Waals surface area contributed by atoms with Crippen LogP contribution in [0.4, 0.5) is 13.2 Å². The molecule has 0 spiro atoms. The number of rotatable bonds is 6. The highest BCUT2D eigenvalue weighted by Crippen LogP contribution is 2.19. The van der Waals surface area contributed by atoms with Crippen molar-refractivity contribution in [1.29, 1.82) is 0 Å². The van der Waals surface area contributed by atoms with E-state index in [1.807, 2.05) is 0 Å². The van der Waals surface area contributed by atoms with Crippen molar-refractivity contribution >= 4 is 12.0 Å². The van der Waals surface area contributed by atoms with Crippen LogP contribution in [0.5, 0.6) is 0 Å². The molecule has 0 aliphatic carbocycles. The molecule has 0 unspecified atom stereocenters. The van der Waals surface area contributed by atoms with E-state index in [0.717, 1.165) is 6.08 Å². The van der Waals surface area contributed by atoms with Gasteiger partial charge in [0.15, 0.2) is 0 Å². The van der Waals surface area contributed by atoms with Crippen LogP contribution >= 0.6 is 0 Å². The lowest BCUT2D eigenvalue weighted by molar-refractivity contribution is -0.146. The molecule has 0 atom stereocenters. The van der Waals surface area contributed by atoms with Gasteiger partial charge in [0.1, 0.15) is 0 Å². The Balaban J connectivity index is 2.87. The van der Waals surface area contributed by atoms with Crippen molar-refractivity contribution in [3.05, 3.63) is 41.5 Å². The fraction of sp³-hybridized carbons (Fsp3) is 0.357. The van der Waals surface area contributed by atoms with E-state index in [-0.39, 0.29) is 13.1 Å². The molecule has 1 aromatic carbocycles. The zero-order chi connectivity index (χ0) is 15.2. The first kappa shape index (κ1) is 16.2. The molecule has 1 N–H and O–H groups in total. The fourth-order valence-electron chi connectivity index (χ4n) is 1.78. The first-order valence-corrected chi connectivity index (χ1v) is 6.10. The second-order valence-electron chi connectivity index (χ2n) is 4.29. The molecule has 110 valence electrons. The highest BCUT2D eigenvalue weighted by Gasteiger charge is 2.30. The molecule has 0 saturated heterocycles. The Morgan fingerprint density at radius 1 is 1.35 bits per heavy atom. The van der Waals surface area contributed by atoms with Crippen molar-refractivity contribution in [3.63, 3.8) is 0 Å². The highest BCUT2D eigenvalue weighted by atomic mass is 19.4. The maximum absolute atomic E-state index is 12.4. The molecule has 0 radical (unpaired) electrons. The molecule has 20 heavy (non-hydrogen) atoms. The lowest BCUT2D eigenvalue weighted by atomic mass is 10.1. The van der Waals surface area contributed by atoms with Gasteiger partial charge in [-0.3, -0.25) is 4.90 Å². The second kappa shape index (κ2) is 7.09. The Labute approximate surface area is 115 Å². The van der Waals surface area contributed by atoms with E-state index in [2.05, 4.69) is 0 Å². The van der Waals surface area contributed by atoms with Gasteiger partial charge in [0.05, 0.1) is 6.54 Å². The van der Waals surface area contributed by atoms with Crippen LogP contribution in [0, 0.1) is 0 Å². The Morgan fingerprint density at radius 3 is 2.55 bits per heavy atom. The smallest absolute Gasteiger partial charge is 0.401 e. The summed E-state index contributed by atoms with van der Waals surface area (Å²) in [6, 6.07) is 6.80. The summed E-state index contributed by atoms with van der Waals surface area (Å²) in [6.45, 7) is 1.05. The standard InChI is InChI=1S/C14H16F3NO2/c1-2-18(10-14(15,16)17)9-12-6-4-3-5-11(12)7-8-13(19)20/h3-8H,2,9-10H2,1H3,(H,19,20). The summed E-state index contributed by atoms with van der Waals surface area (Å²) in [5.74, 6) is -1.09. The molecule has 0 aromatic heterocycles.